The maximum Gasteiger partial charge on any atom is 0.266 e. The Morgan fingerprint density at radius 1 is 1.20 bits per heavy atom. The highest BCUT2D eigenvalue weighted by atomic mass is 19.3. The van der Waals surface area contributed by atoms with Crippen molar-refractivity contribution in [1.29, 1.82) is 0 Å². The van der Waals surface area contributed by atoms with Crippen molar-refractivity contribution < 1.29 is 27.4 Å². The van der Waals surface area contributed by atoms with E-state index >= 15 is 4.39 Å². The van der Waals surface area contributed by atoms with E-state index in [9.17, 15) is 18.4 Å². The van der Waals surface area contributed by atoms with Crippen LogP contribution in [0, 0.1) is 5.82 Å². The van der Waals surface area contributed by atoms with Crippen molar-refractivity contribution in [2.24, 2.45) is 7.05 Å². The molecule has 1 amide bonds. The summed E-state index contributed by atoms with van der Waals surface area (Å²) < 4.78 is 57.0. The number of carbonyl (C=O) groups excluding carboxylic acids is 1. The summed E-state index contributed by atoms with van der Waals surface area (Å²) in [6.07, 6.45) is -1.11. The van der Waals surface area contributed by atoms with E-state index in [1.165, 1.54) is 19.1 Å². The maximum absolute atomic E-state index is 15.2. The third-order valence-electron chi connectivity index (χ3n) is 9.03. The lowest BCUT2D eigenvalue weighted by Crippen LogP contribution is -2.49. The third-order valence-corrected chi connectivity index (χ3v) is 9.03. The van der Waals surface area contributed by atoms with Crippen LogP contribution in [0.1, 0.15) is 81.8 Å². The normalized spacial score (nSPS) is 18.6. The molecule has 2 aromatic heterocycles. The number of fused-ring (bicyclic) bond motifs is 3. The fourth-order valence-electron chi connectivity index (χ4n) is 6.80. The molecule has 1 N–H and O–H groups in total. The van der Waals surface area contributed by atoms with Crippen LogP contribution < -0.4 is 15.6 Å². The van der Waals surface area contributed by atoms with Gasteiger partial charge in [-0.2, -0.15) is 0 Å². The second-order valence-electron chi connectivity index (χ2n) is 13.0. The lowest BCUT2D eigenvalue weighted by atomic mass is 9.83. The van der Waals surface area contributed by atoms with Gasteiger partial charge in [-0.25, -0.2) is 18.2 Å². The van der Waals surface area contributed by atoms with Crippen molar-refractivity contribution >= 4 is 22.6 Å². The minimum Gasteiger partial charge on any atom is -0.485 e. The molecule has 1 aromatic carbocycles. The van der Waals surface area contributed by atoms with Gasteiger partial charge in [-0.15, -0.1) is 0 Å². The highest BCUT2D eigenvalue weighted by molar-refractivity contribution is 5.95. The summed E-state index contributed by atoms with van der Waals surface area (Å²) in [6.45, 7) is 8.60. The van der Waals surface area contributed by atoms with Gasteiger partial charge in [0, 0.05) is 44.6 Å². The number of aryl methyl sites for hydroxylation is 2. The Labute approximate surface area is 267 Å². The van der Waals surface area contributed by atoms with Crippen LogP contribution in [0.3, 0.4) is 0 Å². The predicted octanol–water partition coefficient (Wildman–Crippen LogP) is 5.70. The molecule has 0 spiro atoms. The SMILES string of the molecule is CC(=O)N1CCC(OC(C)C)(c2cc3c(N[C@H](C)c4cccc(C(F)F)c4F)nc4c(c3n(C)c2=O)O[C@H](CN(C)C)CC4)CC1. The number of hydrogen-bond donors (Lipinski definition) is 1. The van der Waals surface area contributed by atoms with Crippen LogP contribution in [0.15, 0.2) is 29.1 Å². The van der Waals surface area contributed by atoms with Gasteiger partial charge >= 0.3 is 0 Å². The number of halogens is 3. The Morgan fingerprint density at radius 2 is 1.87 bits per heavy atom. The molecule has 2 aliphatic heterocycles. The number of nitrogens with zero attached hydrogens (tertiary/aromatic N) is 4. The summed E-state index contributed by atoms with van der Waals surface area (Å²) in [5, 5.41) is 3.85. The highest BCUT2D eigenvalue weighted by Gasteiger charge is 2.42. The summed E-state index contributed by atoms with van der Waals surface area (Å²) in [6, 6.07) is 5.02. The average molecular weight is 644 g/mol. The summed E-state index contributed by atoms with van der Waals surface area (Å²) in [5.74, 6) is -0.0956. The zero-order valence-electron chi connectivity index (χ0n) is 27.6. The van der Waals surface area contributed by atoms with Crippen molar-refractivity contribution in [2.75, 3.05) is 39.0 Å². The van der Waals surface area contributed by atoms with Gasteiger partial charge in [0.2, 0.25) is 5.91 Å². The first-order valence-corrected chi connectivity index (χ1v) is 15.9. The number of benzene rings is 1. The van der Waals surface area contributed by atoms with E-state index in [2.05, 4.69) is 5.32 Å². The first kappa shape index (κ1) is 33.7. The quantitative estimate of drug-likeness (QED) is 0.320. The van der Waals surface area contributed by atoms with Gasteiger partial charge < -0.3 is 29.2 Å². The Balaban J connectivity index is 1.70. The Kier molecular flexibility index (Phi) is 9.70. The van der Waals surface area contributed by atoms with Gasteiger partial charge in [0.15, 0.2) is 5.75 Å². The van der Waals surface area contributed by atoms with Gasteiger partial charge in [0.25, 0.3) is 12.0 Å². The number of nitrogens with one attached hydrogen (secondary N) is 1. The molecule has 0 aliphatic carbocycles. The minimum absolute atomic E-state index is 0.0339. The van der Waals surface area contributed by atoms with Crippen molar-refractivity contribution in [2.45, 2.75) is 83.7 Å². The van der Waals surface area contributed by atoms with Gasteiger partial charge in [0.1, 0.15) is 23.3 Å². The van der Waals surface area contributed by atoms with E-state index in [0.717, 1.165) is 6.07 Å². The van der Waals surface area contributed by atoms with Gasteiger partial charge in [0.05, 0.1) is 34.5 Å². The molecule has 2 atom stereocenters. The number of aromatic nitrogens is 2. The second kappa shape index (κ2) is 13.2. The fraction of sp³-hybridized carbons (Fsp3) is 0.559. The van der Waals surface area contributed by atoms with Crippen LogP contribution in [-0.2, 0) is 28.6 Å². The van der Waals surface area contributed by atoms with Crippen LogP contribution in [0.5, 0.6) is 5.75 Å². The lowest BCUT2D eigenvalue weighted by molar-refractivity contribution is -0.142. The zero-order chi connectivity index (χ0) is 33.5. The molecule has 1 fully saturated rings. The second-order valence-corrected chi connectivity index (χ2v) is 13.0. The molecule has 0 unspecified atom stereocenters. The van der Waals surface area contributed by atoms with E-state index in [4.69, 9.17) is 14.5 Å². The summed E-state index contributed by atoms with van der Waals surface area (Å²) >= 11 is 0. The summed E-state index contributed by atoms with van der Waals surface area (Å²) in [7, 11) is 5.64. The largest absolute Gasteiger partial charge is 0.485 e. The monoisotopic (exact) mass is 643 g/mol. The Bertz CT molecular complexity index is 1670. The maximum atomic E-state index is 15.2. The van der Waals surface area contributed by atoms with Crippen LogP contribution in [0.25, 0.3) is 10.9 Å². The zero-order valence-corrected chi connectivity index (χ0v) is 27.6. The fourth-order valence-corrected chi connectivity index (χ4v) is 6.80. The predicted molar refractivity (Wildman–Crippen MR) is 171 cm³/mol. The molecular formula is C34H44F3N5O4. The number of piperidine rings is 1. The molecule has 0 bridgehead atoms. The summed E-state index contributed by atoms with van der Waals surface area (Å²) in [5.41, 5.74) is -0.162. The number of carbonyl (C=O) groups is 1. The smallest absolute Gasteiger partial charge is 0.266 e. The molecule has 0 radical (unpaired) electrons. The van der Waals surface area contributed by atoms with Crippen molar-refractivity contribution in [3.8, 4) is 5.75 Å². The number of likely N-dealkylation sites (tertiary alicyclic amines) is 1. The number of anilines is 1. The van der Waals surface area contributed by atoms with Gasteiger partial charge in [-0.3, -0.25) is 9.59 Å². The molecule has 9 nitrogen and oxygen atoms in total. The van der Waals surface area contributed by atoms with Crippen molar-refractivity contribution in [1.82, 2.24) is 19.4 Å². The van der Waals surface area contributed by atoms with Gasteiger partial charge in [-0.05, 0) is 66.6 Å². The van der Waals surface area contributed by atoms with E-state index in [1.54, 1.807) is 29.5 Å². The number of alkyl halides is 2. The standard InChI is InChI=1S/C34H44F3N5O4/c1-19(2)46-34(13-15-42(16-14-34)21(4)43)26-17-25-29(41(7)33(26)44)30-27(12-11-22(45-30)18-40(5)6)39-32(25)38-20(3)23-9-8-10-24(28(23)35)31(36)37/h8-10,17,19-20,22,31H,11-16,18H2,1-7H3,(H,38,39)/t20-,22+/m1/s1. The van der Waals surface area contributed by atoms with Gasteiger partial charge in [-0.1, -0.05) is 18.2 Å². The molecule has 0 saturated carbocycles. The number of hydrogen-bond acceptors (Lipinski definition) is 7. The average Bonchev–Trinajstić information content (AvgIpc) is 2.98. The Morgan fingerprint density at radius 3 is 2.48 bits per heavy atom. The summed E-state index contributed by atoms with van der Waals surface area (Å²) in [4.78, 5) is 35.2. The number of amides is 1. The Hall–Kier alpha value is -3.64. The van der Waals surface area contributed by atoms with Crippen LogP contribution in [0.2, 0.25) is 0 Å². The van der Waals surface area contributed by atoms with E-state index < -0.39 is 29.4 Å². The third kappa shape index (κ3) is 6.46. The van der Waals surface area contributed by atoms with Crippen LogP contribution >= 0.6 is 0 Å². The lowest BCUT2D eigenvalue weighted by Gasteiger charge is -2.42. The number of rotatable bonds is 9. The molecular weight excluding hydrogens is 599 g/mol. The molecule has 4 heterocycles. The molecule has 250 valence electrons. The minimum atomic E-state index is -2.95. The molecule has 3 aromatic rings. The first-order chi connectivity index (χ1) is 21.7. The van der Waals surface area contributed by atoms with Crippen LogP contribution in [-0.4, -0.2) is 71.2 Å². The molecule has 46 heavy (non-hydrogen) atoms. The molecule has 5 rings (SSSR count). The van der Waals surface area contributed by atoms with Crippen molar-refractivity contribution in [3.05, 3.63) is 62.8 Å². The van der Waals surface area contributed by atoms with Crippen LogP contribution in [0.4, 0.5) is 19.0 Å². The topological polar surface area (TPSA) is 88.9 Å². The van der Waals surface area contributed by atoms with Crippen molar-refractivity contribution in [3.63, 3.8) is 0 Å². The highest BCUT2D eigenvalue weighted by Crippen LogP contribution is 2.42. The number of ether oxygens (including phenoxy) is 2. The van der Waals surface area contributed by atoms with E-state index in [1.807, 2.05) is 32.8 Å². The number of likely N-dealkylation sites (N-methyl/N-ethyl adjacent to an activating group) is 1. The van der Waals surface area contributed by atoms with E-state index in [0.29, 0.717) is 79.0 Å². The molecule has 2 aliphatic rings. The molecule has 1 saturated heterocycles. The van der Waals surface area contributed by atoms with E-state index in [-0.39, 0.29) is 29.2 Å². The number of pyridine rings is 2. The first-order valence-electron chi connectivity index (χ1n) is 15.9. The molecule has 12 heteroatoms.